The average molecular weight is 434 g/mol. The van der Waals surface area contributed by atoms with Crippen molar-refractivity contribution in [2.24, 2.45) is 0 Å². The second-order valence-electron chi connectivity index (χ2n) is 9.01. The molecular formula is C24H39N3O4. The predicted molar refractivity (Wildman–Crippen MR) is 123 cm³/mol. The van der Waals surface area contributed by atoms with Crippen molar-refractivity contribution in [2.45, 2.75) is 91.5 Å². The summed E-state index contributed by atoms with van der Waals surface area (Å²) in [4.78, 5) is 39.7. The zero-order valence-electron chi connectivity index (χ0n) is 20.2. The molecule has 0 saturated heterocycles. The Morgan fingerprint density at radius 3 is 2.10 bits per heavy atom. The summed E-state index contributed by atoms with van der Waals surface area (Å²) in [5.41, 5.74) is 1.20. The smallest absolute Gasteiger partial charge is 0.408 e. The van der Waals surface area contributed by atoms with Crippen LogP contribution in [-0.4, -0.2) is 47.5 Å². The molecule has 0 saturated carbocycles. The van der Waals surface area contributed by atoms with Gasteiger partial charge in [-0.25, -0.2) is 4.79 Å². The van der Waals surface area contributed by atoms with Crippen molar-refractivity contribution in [3.63, 3.8) is 0 Å². The van der Waals surface area contributed by atoms with Gasteiger partial charge in [-0.05, 0) is 58.6 Å². The first-order chi connectivity index (χ1) is 14.4. The van der Waals surface area contributed by atoms with Crippen LogP contribution >= 0.6 is 0 Å². The molecule has 1 rings (SSSR count). The number of likely N-dealkylation sites (N-methyl/N-ethyl adjacent to an activating group) is 1. The number of rotatable bonds is 9. The van der Waals surface area contributed by atoms with Crippen LogP contribution in [0.15, 0.2) is 24.3 Å². The van der Waals surface area contributed by atoms with Crippen LogP contribution in [0.3, 0.4) is 0 Å². The minimum atomic E-state index is -0.849. The van der Waals surface area contributed by atoms with Gasteiger partial charge in [-0.2, -0.15) is 0 Å². The van der Waals surface area contributed by atoms with E-state index in [1.165, 1.54) is 4.90 Å². The van der Waals surface area contributed by atoms with Crippen LogP contribution in [0.1, 0.15) is 78.5 Å². The van der Waals surface area contributed by atoms with Crippen molar-refractivity contribution >= 4 is 17.9 Å². The molecule has 0 radical (unpaired) electrons. The summed E-state index contributed by atoms with van der Waals surface area (Å²) in [6.45, 7) is 12.9. The Hall–Kier alpha value is -2.57. The molecule has 31 heavy (non-hydrogen) atoms. The molecule has 0 spiro atoms. The van der Waals surface area contributed by atoms with Crippen LogP contribution in [0.5, 0.6) is 0 Å². The first-order valence-corrected chi connectivity index (χ1v) is 11.0. The number of amides is 3. The first-order valence-electron chi connectivity index (χ1n) is 11.0. The minimum Gasteiger partial charge on any atom is -0.444 e. The number of nitrogens with zero attached hydrogens (tertiary/aromatic N) is 1. The molecule has 174 valence electrons. The molecule has 0 aliphatic heterocycles. The van der Waals surface area contributed by atoms with E-state index >= 15 is 0 Å². The van der Waals surface area contributed by atoms with Gasteiger partial charge in [-0.15, -0.1) is 0 Å². The minimum absolute atomic E-state index is 0.00395. The van der Waals surface area contributed by atoms with E-state index in [0.29, 0.717) is 0 Å². The molecule has 1 aromatic carbocycles. The van der Waals surface area contributed by atoms with Crippen molar-refractivity contribution in [1.29, 1.82) is 0 Å². The molecule has 7 heteroatoms. The van der Waals surface area contributed by atoms with Crippen LogP contribution in [0.2, 0.25) is 0 Å². The van der Waals surface area contributed by atoms with Crippen molar-refractivity contribution in [2.75, 3.05) is 7.05 Å². The number of aryl methyl sites for hydroxylation is 1. The van der Waals surface area contributed by atoms with E-state index in [4.69, 9.17) is 4.74 Å². The van der Waals surface area contributed by atoms with Gasteiger partial charge in [0.1, 0.15) is 17.7 Å². The maximum Gasteiger partial charge on any atom is 0.408 e. The third kappa shape index (κ3) is 8.59. The van der Waals surface area contributed by atoms with Crippen LogP contribution in [-0.2, 0) is 20.7 Å². The Bertz CT molecular complexity index is 740. The summed E-state index contributed by atoms with van der Waals surface area (Å²) in [5.74, 6) is -0.626. The molecule has 7 nitrogen and oxygen atoms in total. The van der Waals surface area contributed by atoms with Gasteiger partial charge in [0.25, 0.3) is 0 Å². The molecule has 3 atom stereocenters. The van der Waals surface area contributed by atoms with Crippen LogP contribution in [0.25, 0.3) is 0 Å². The van der Waals surface area contributed by atoms with Gasteiger partial charge in [-0.1, -0.05) is 44.5 Å². The molecule has 0 aromatic heterocycles. The highest BCUT2D eigenvalue weighted by atomic mass is 16.6. The summed E-state index contributed by atoms with van der Waals surface area (Å²) in [6, 6.07) is 6.03. The Morgan fingerprint density at radius 1 is 1.03 bits per heavy atom. The second kappa shape index (κ2) is 11.7. The molecule has 1 aromatic rings. The van der Waals surface area contributed by atoms with E-state index in [9.17, 15) is 14.4 Å². The predicted octanol–water partition coefficient (Wildman–Crippen LogP) is 3.97. The fourth-order valence-corrected chi connectivity index (χ4v) is 3.29. The van der Waals surface area contributed by atoms with E-state index in [-0.39, 0.29) is 17.9 Å². The summed E-state index contributed by atoms with van der Waals surface area (Å²) < 4.78 is 5.24. The molecule has 0 heterocycles. The molecule has 0 aliphatic carbocycles. The zero-order valence-corrected chi connectivity index (χ0v) is 20.2. The Kier molecular flexibility index (Phi) is 10.0. The number of ether oxygens (including phenoxy) is 1. The molecule has 2 N–H and O–H groups in total. The number of benzene rings is 1. The van der Waals surface area contributed by atoms with E-state index in [1.807, 2.05) is 31.2 Å². The summed E-state index contributed by atoms with van der Waals surface area (Å²) in [5, 5.41) is 5.57. The first kappa shape index (κ1) is 26.5. The maximum absolute atomic E-state index is 13.1. The van der Waals surface area contributed by atoms with Crippen molar-refractivity contribution in [1.82, 2.24) is 15.5 Å². The third-order valence-electron chi connectivity index (χ3n) is 4.90. The van der Waals surface area contributed by atoms with Crippen LogP contribution < -0.4 is 10.6 Å². The van der Waals surface area contributed by atoms with Gasteiger partial charge in [0.15, 0.2) is 0 Å². The third-order valence-corrected chi connectivity index (χ3v) is 4.90. The summed E-state index contributed by atoms with van der Waals surface area (Å²) >= 11 is 0. The maximum atomic E-state index is 13.1. The standard InChI is InChI=1S/C24H39N3O4/c1-9-11-16(3)25-21(28)20(19-14-12-18(10-2)13-15-19)27(8)22(29)17(4)26-23(30)31-24(5,6)7/h12-17,20H,9-11H2,1-8H3,(H,25,28)(H,26,30). The topological polar surface area (TPSA) is 87.7 Å². The monoisotopic (exact) mass is 433 g/mol. The molecular weight excluding hydrogens is 394 g/mol. The summed E-state index contributed by atoms with van der Waals surface area (Å²) in [7, 11) is 1.58. The molecule has 3 unspecified atom stereocenters. The van der Waals surface area contributed by atoms with Gasteiger partial charge in [0, 0.05) is 13.1 Å². The lowest BCUT2D eigenvalue weighted by Crippen LogP contribution is -2.51. The zero-order chi connectivity index (χ0) is 23.8. The van der Waals surface area contributed by atoms with Gasteiger partial charge in [-0.3, -0.25) is 9.59 Å². The normalized spacial score (nSPS) is 14.2. The number of hydrogen-bond acceptors (Lipinski definition) is 4. The average Bonchev–Trinajstić information content (AvgIpc) is 2.66. The SMILES string of the molecule is CCCC(C)NC(=O)C(c1ccc(CC)cc1)N(C)C(=O)C(C)NC(=O)OC(C)(C)C. The van der Waals surface area contributed by atoms with Gasteiger partial charge < -0.3 is 20.3 Å². The highest BCUT2D eigenvalue weighted by Crippen LogP contribution is 2.22. The summed E-state index contributed by atoms with van der Waals surface area (Å²) in [6.07, 6.45) is 2.01. The van der Waals surface area contributed by atoms with Crippen molar-refractivity contribution in [3.05, 3.63) is 35.4 Å². The van der Waals surface area contributed by atoms with E-state index in [1.54, 1.807) is 34.7 Å². The quantitative estimate of drug-likeness (QED) is 0.617. The highest BCUT2D eigenvalue weighted by Gasteiger charge is 2.32. The van der Waals surface area contributed by atoms with Crippen LogP contribution in [0, 0.1) is 0 Å². The highest BCUT2D eigenvalue weighted by molar-refractivity contribution is 5.91. The van der Waals surface area contributed by atoms with Crippen LogP contribution in [0.4, 0.5) is 4.79 Å². The Morgan fingerprint density at radius 2 is 1.61 bits per heavy atom. The van der Waals surface area contributed by atoms with E-state index in [2.05, 4.69) is 24.5 Å². The lowest BCUT2D eigenvalue weighted by molar-refractivity contribution is -0.140. The Labute approximate surface area is 186 Å². The number of carbonyl (C=O) groups excluding carboxylic acids is 3. The molecule has 0 fully saturated rings. The van der Waals surface area contributed by atoms with Gasteiger partial charge >= 0.3 is 6.09 Å². The number of nitrogens with one attached hydrogen (secondary N) is 2. The fraction of sp³-hybridized carbons (Fsp3) is 0.625. The molecule has 3 amide bonds. The van der Waals surface area contributed by atoms with E-state index in [0.717, 1.165) is 30.4 Å². The number of carbonyl (C=O) groups is 3. The molecule has 0 aliphatic rings. The lowest BCUT2D eigenvalue weighted by atomic mass is 10.0. The molecule has 0 bridgehead atoms. The van der Waals surface area contributed by atoms with Crippen molar-refractivity contribution < 1.29 is 19.1 Å². The fourth-order valence-electron chi connectivity index (χ4n) is 3.29. The number of alkyl carbamates (subject to hydrolysis) is 1. The Balaban J connectivity index is 3.07. The van der Waals surface area contributed by atoms with Gasteiger partial charge in [0.2, 0.25) is 11.8 Å². The van der Waals surface area contributed by atoms with E-state index < -0.39 is 23.8 Å². The number of hydrogen-bond donors (Lipinski definition) is 2. The lowest BCUT2D eigenvalue weighted by Gasteiger charge is -2.31. The van der Waals surface area contributed by atoms with Crippen molar-refractivity contribution in [3.8, 4) is 0 Å². The second-order valence-corrected chi connectivity index (χ2v) is 9.01. The largest absolute Gasteiger partial charge is 0.444 e. The van der Waals surface area contributed by atoms with Gasteiger partial charge in [0.05, 0.1) is 0 Å².